The number of rotatable bonds is 2. The van der Waals surface area contributed by atoms with E-state index in [2.05, 4.69) is 87.5 Å². The van der Waals surface area contributed by atoms with Crippen LogP contribution in [0.1, 0.15) is 38.3 Å². The molecule has 0 heterocycles. The highest BCUT2D eigenvalue weighted by molar-refractivity contribution is 5.90. The molecule has 0 fully saturated rings. The zero-order valence-electron chi connectivity index (χ0n) is 14.8. The first-order valence-corrected chi connectivity index (χ1v) is 8.80. The van der Waals surface area contributed by atoms with Crippen molar-refractivity contribution >= 4 is 16.8 Å². The first-order valence-electron chi connectivity index (χ1n) is 8.80. The van der Waals surface area contributed by atoms with Crippen molar-refractivity contribution in [3.8, 4) is 11.1 Å². The molecule has 0 amide bonds. The van der Waals surface area contributed by atoms with Crippen molar-refractivity contribution in [2.24, 2.45) is 5.41 Å². The fraction of sp³-hybridized carbons (Fsp3) is 0.250. The Kier molecular flexibility index (Phi) is 3.57. The van der Waals surface area contributed by atoms with Crippen molar-refractivity contribution < 1.29 is 0 Å². The van der Waals surface area contributed by atoms with Gasteiger partial charge in [-0.05, 0) is 57.3 Å². The molecule has 0 nitrogen and oxygen atoms in total. The minimum atomic E-state index is 0.344. The van der Waals surface area contributed by atoms with Crippen LogP contribution in [-0.2, 0) is 6.42 Å². The largest absolute Gasteiger partial charge is 0.0647 e. The third-order valence-electron chi connectivity index (χ3n) is 4.78. The molecule has 0 N–H and O–H groups in total. The Labute approximate surface area is 144 Å². The molecule has 0 aromatic heterocycles. The van der Waals surface area contributed by atoms with E-state index in [9.17, 15) is 0 Å². The minimum Gasteiger partial charge on any atom is -0.0647 e. The predicted molar refractivity (Wildman–Crippen MR) is 105 cm³/mol. The van der Waals surface area contributed by atoms with Gasteiger partial charge in [-0.15, -0.1) is 0 Å². The van der Waals surface area contributed by atoms with Crippen molar-refractivity contribution in [3.63, 3.8) is 0 Å². The molecule has 0 saturated carbocycles. The number of benzene rings is 3. The first-order chi connectivity index (χ1) is 11.5. The van der Waals surface area contributed by atoms with Crippen LogP contribution < -0.4 is 0 Å². The Morgan fingerprint density at radius 2 is 1.62 bits per heavy atom. The SMILES string of the molecule is CC(C)(C)CC1=Cc2c(cccc2-c2ccc3ccccc3c2)C1. The average Bonchev–Trinajstić information content (AvgIpc) is 2.94. The summed E-state index contributed by atoms with van der Waals surface area (Å²) < 4.78 is 0. The van der Waals surface area contributed by atoms with E-state index in [4.69, 9.17) is 0 Å². The number of hydrogen-bond donors (Lipinski definition) is 0. The maximum Gasteiger partial charge on any atom is -0.00574 e. The highest BCUT2D eigenvalue weighted by atomic mass is 14.3. The molecule has 0 spiro atoms. The summed E-state index contributed by atoms with van der Waals surface area (Å²) >= 11 is 0. The van der Waals surface area contributed by atoms with E-state index in [1.807, 2.05) is 0 Å². The topological polar surface area (TPSA) is 0 Å². The molecule has 4 rings (SSSR count). The van der Waals surface area contributed by atoms with E-state index in [-0.39, 0.29) is 0 Å². The number of allylic oxidation sites excluding steroid dienone is 1. The zero-order chi connectivity index (χ0) is 16.7. The fourth-order valence-electron chi connectivity index (χ4n) is 3.84. The molecule has 120 valence electrons. The molecule has 0 bridgehead atoms. The Morgan fingerprint density at radius 1 is 0.833 bits per heavy atom. The van der Waals surface area contributed by atoms with Crippen LogP contribution >= 0.6 is 0 Å². The van der Waals surface area contributed by atoms with Crippen molar-refractivity contribution in [2.75, 3.05) is 0 Å². The van der Waals surface area contributed by atoms with Crippen LogP contribution in [0.5, 0.6) is 0 Å². The summed E-state index contributed by atoms with van der Waals surface area (Å²) in [6.07, 6.45) is 4.71. The second-order valence-corrected chi connectivity index (χ2v) is 8.16. The molecule has 1 aliphatic carbocycles. The molecule has 0 radical (unpaired) electrons. The quantitative estimate of drug-likeness (QED) is 0.483. The van der Waals surface area contributed by atoms with Crippen LogP contribution in [0.3, 0.4) is 0 Å². The molecule has 0 heteroatoms. The van der Waals surface area contributed by atoms with Gasteiger partial charge in [-0.2, -0.15) is 0 Å². The molecule has 0 aliphatic heterocycles. The summed E-state index contributed by atoms with van der Waals surface area (Å²) in [6, 6.07) is 22.2. The van der Waals surface area contributed by atoms with Crippen molar-refractivity contribution in [2.45, 2.75) is 33.6 Å². The standard InChI is InChI=1S/C24H24/c1-24(2,3)16-17-13-20-9-6-10-22(23(20)14-17)21-12-11-18-7-4-5-8-19(18)15-21/h4-12,14-15H,13,16H2,1-3H3. The van der Waals surface area contributed by atoms with Gasteiger partial charge >= 0.3 is 0 Å². The lowest BCUT2D eigenvalue weighted by Crippen LogP contribution is -2.06. The Morgan fingerprint density at radius 3 is 2.42 bits per heavy atom. The summed E-state index contributed by atoms with van der Waals surface area (Å²) in [4.78, 5) is 0. The molecule has 0 atom stereocenters. The monoisotopic (exact) mass is 312 g/mol. The van der Waals surface area contributed by atoms with Crippen LogP contribution in [0.4, 0.5) is 0 Å². The van der Waals surface area contributed by atoms with E-state index in [1.165, 1.54) is 39.4 Å². The van der Waals surface area contributed by atoms with Gasteiger partial charge in [-0.3, -0.25) is 0 Å². The van der Waals surface area contributed by atoms with Gasteiger partial charge in [0.15, 0.2) is 0 Å². The summed E-state index contributed by atoms with van der Waals surface area (Å²) in [5.74, 6) is 0. The smallest absolute Gasteiger partial charge is 0.00574 e. The van der Waals surface area contributed by atoms with Crippen LogP contribution in [0.2, 0.25) is 0 Å². The third-order valence-corrected chi connectivity index (χ3v) is 4.78. The third kappa shape index (κ3) is 2.89. The highest BCUT2D eigenvalue weighted by Crippen LogP contribution is 2.38. The molecule has 24 heavy (non-hydrogen) atoms. The normalized spacial score (nSPS) is 13.9. The molecular formula is C24H24. The average molecular weight is 312 g/mol. The van der Waals surface area contributed by atoms with Gasteiger partial charge in [0.2, 0.25) is 0 Å². The lowest BCUT2D eigenvalue weighted by atomic mass is 9.87. The maximum atomic E-state index is 2.44. The van der Waals surface area contributed by atoms with Gasteiger partial charge in [0.1, 0.15) is 0 Å². The van der Waals surface area contributed by atoms with Crippen molar-refractivity contribution in [1.82, 2.24) is 0 Å². The van der Waals surface area contributed by atoms with Gasteiger partial charge in [0.25, 0.3) is 0 Å². The van der Waals surface area contributed by atoms with Gasteiger partial charge in [0.05, 0.1) is 0 Å². The van der Waals surface area contributed by atoms with E-state index in [0.29, 0.717) is 5.41 Å². The number of fused-ring (bicyclic) bond motifs is 2. The minimum absolute atomic E-state index is 0.344. The van der Waals surface area contributed by atoms with Crippen LogP contribution in [0.25, 0.3) is 28.0 Å². The van der Waals surface area contributed by atoms with Gasteiger partial charge < -0.3 is 0 Å². The summed E-state index contributed by atoms with van der Waals surface area (Å²) in [5.41, 5.74) is 7.48. The van der Waals surface area contributed by atoms with Crippen molar-refractivity contribution in [3.05, 3.63) is 77.4 Å². The predicted octanol–water partition coefficient (Wildman–Crippen LogP) is 6.88. The molecule has 0 saturated heterocycles. The van der Waals surface area contributed by atoms with Gasteiger partial charge in [0, 0.05) is 0 Å². The first kappa shape index (κ1) is 15.2. The van der Waals surface area contributed by atoms with Gasteiger partial charge in [-0.1, -0.05) is 87.0 Å². The second-order valence-electron chi connectivity index (χ2n) is 8.16. The van der Waals surface area contributed by atoms with Crippen LogP contribution in [0.15, 0.2) is 66.2 Å². The Hall–Kier alpha value is -2.34. The van der Waals surface area contributed by atoms with E-state index in [0.717, 1.165) is 6.42 Å². The van der Waals surface area contributed by atoms with Crippen molar-refractivity contribution in [1.29, 1.82) is 0 Å². The van der Waals surface area contributed by atoms with Gasteiger partial charge in [-0.25, -0.2) is 0 Å². The molecule has 3 aromatic rings. The van der Waals surface area contributed by atoms with E-state index < -0.39 is 0 Å². The molecular weight excluding hydrogens is 288 g/mol. The Bertz CT molecular complexity index is 936. The maximum absolute atomic E-state index is 2.44. The van der Waals surface area contributed by atoms with E-state index in [1.54, 1.807) is 5.57 Å². The molecule has 1 aliphatic rings. The summed E-state index contributed by atoms with van der Waals surface area (Å²) in [5, 5.41) is 2.61. The Balaban J connectivity index is 1.79. The van der Waals surface area contributed by atoms with E-state index >= 15 is 0 Å². The lowest BCUT2D eigenvalue weighted by molar-refractivity contribution is 0.408. The molecule has 0 unspecified atom stereocenters. The van der Waals surface area contributed by atoms with Crippen LogP contribution in [-0.4, -0.2) is 0 Å². The van der Waals surface area contributed by atoms with Crippen LogP contribution in [0, 0.1) is 5.41 Å². The fourth-order valence-corrected chi connectivity index (χ4v) is 3.84. The lowest BCUT2D eigenvalue weighted by Gasteiger charge is -2.18. The second kappa shape index (κ2) is 5.63. The molecule has 3 aromatic carbocycles. The zero-order valence-corrected chi connectivity index (χ0v) is 14.8. The number of hydrogen-bond acceptors (Lipinski definition) is 0. The highest BCUT2D eigenvalue weighted by Gasteiger charge is 2.20. The summed E-state index contributed by atoms with van der Waals surface area (Å²) in [7, 11) is 0. The summed E-state index contributed by atoms with van der Waals surface area (Å²) in [6.45, 7) is 6.96.